The molecule has 0 fully saturated rings. The Labute approximate surface area is 104 Å². The van der Waals surface area contributed by atoms with Gasteiger partial charge in [-0.15, -0.1) is 0 Å². The second-order valence-electron chi connectivity index (χ2n) is 4.07. The van der Waals surface area contributed by atoms with Crippen LogP contribution in [0.25, 0.3) is 0 Å². The average molecular weight is 237 g/mol. The summed E-state index contributed by atoms with van der Waals surface area (Å²) in [6.07, 6.45) is 3.23. The second-order valence-corrected chi connectivity index (χ2v) is 4.07. The largest absolute Gasteiger partial charge is 0.399 e. The maximum atomic E-state index is 5.61. The van der Waals surface area contributed by atoms with E-state index >= 15 is 0 Å². The van der Waals surface area contributed by atoms with Gasteiger partial charge in [0.1, 0.15) is 0 Å². The van der Waals surface area contributed by atoms with E-state index in [2.05, 4.69) is 6.92 Å². The fourth-order valence-electron chi connectivity index (χ4n) is 1.44. The molecule has 3 nitrogen and oxygen atoms in total. The monoisotopic (exact) mass is 237 g/mol. The first-order valence-corrected chi connectivity index (χ1v) is 6.33. The van der Waals surface area contributed by atoms with Crippen LogP contribution in [-0.4, -0.2) is 26.4 Å². The van der Waals surface area contributed by atoms with Crippen molar-refractivity contribution in [3.05, 3.63) is 29.8 Å². The van der Waals surface area contributed by atoms with Gasteiger partial charge in [-0.25, -0.2) is 0 Å². The first kappa shape index (κ1) is 14.0. The lowest BCUT2D eigenvalue weighted by Gasteiger charge is -2.05. The van der Waals surface area contributed by atoms with E-state index in [4.69, 9.17) is 15.2 Å². The molecular formula is C14H23NO2. The molecule has 0 aliphatic rings. The van der Waals surface area contributed by atoms with Crippen LogP contribution in [0.3, 0.4) is 0 Å². The summed E-state index contributed by atoms with van der Waals surface area (Å²) >= 11 is 0. The molecule has 96 valence electrons. The Balaban J connectivity index is 1.95. The van der Waals surface area contributed by atoms with Gasteiger partial charge in [0.25, 0.3) is 0 Å². The van der Waals surface area contributed by atoms with E-state index in [0.29, 0.717) is 13.2 Å². The van der Waals surface area contributed by atoms with Gasteiger partial charge in [-0.05, 0) is 30.5 Å². The van der Waals surface area contributed by atoms with Crippen molar-refractivity contribution in [1.82, 2.24) is 0 Å². The predicted octanol–water partition coefficient (Wildman–Crippen LogP) is 2.64. The molecule has 0 atom stereocenters. The lowest BCUT2D eigenvalue weighted by Crippen LogP contribution is -2.07. The van der Waals surface area contributed by atoms with Gasteiger partial charge < -0.3 is 15.2 Å². The van der Waals surface area contributed by atoms with E-state index in [0.717, 1.165) is 31.7 Å². The minimum absolute atomic E-state index is 0.679. The highest BCUT2D eigenvalue weighted by molar-refractivity contribution is 5.39. The minimum atomic E-state index is 0.679. The maximum Gasteiger partial charge on any atom is 0.0700 e. The molecule has 0 amide bonds. The van der Waals surface area contributed by atoms with Gasteiger partial charge in [-0.1, -0.05) is 25.5 Å². The summed E-state index contributed by atoms with van der Waals surface area (Å²) in [7, 11) is 0. The van der Waals surface area contributed by atoms with Crippen molar-refractivity contribution in [2.75, 3.05) is 32.2 Å². The molecular weight excluding hydrogens is 214 g/mol. The Bertz CT molecular complexity index is 285. The first-order valence-electron chi connectivity index (χ1n) is 6.33. The third-order valence-electron chi connectivity index (χ3n) is 2.53. The SMILES string of the molecule is CCCCOCCOCCc1ccc(N)cc1. The van der Waals surface area contributed by atoms with Gasteiger partial charge in [0, 0.05) is 12.3 Å². The Kier molecular flexibility index (Phi) is 7.43. The van der Waals surface area contributed by atoms with E-state index in [1.165, 1.54) is 12.0 Å². The molecule has 1 aromatic rings. The lowest BCUT2D eigenvalue weighted by molar-refractivity contribution is 0.0479. The molecule has 3 heteroatoms. The minimum Gasteiger partial charge on any atom is -0.399 e. The van der Waals surface area contributed by atoms with Crippen LogP contribution in [0.1, 0.15) is 25.3 Å². The molecule has 0 radical (unpaired) electrons. The summed E-state index contributed by atoms with van der Waals surface area (Å²) in [6, 6.07) is 7.92. The summed E-state index contributed by atoms with van der Waals surface area (Å²) in [5.74, 6) is 0. The Morgan fingerprint density at radius 3 is 2.24 bits per heavy atom. The van der Waals surface area contributed by atoms with Gasteiger partial charge in [0.05, 0.1) is 19.8 Å². The number of ether oxygens (including phenoxy) is 2. The van der Waals surface area contributed by atoms with E-state index < -0.39 is 0 Å². The molecule has 2 N–H and O–H groups in total. The molecule has 0 heterocycles. The van der Waals surface area contributed by atoms with Gasteiger partial charge in [0.2, 0.25) is 0 Å². The van der Waals surface area contributed by atoms with E-state index in [1.54, 1.807) is 0 Å². The normalized spacial score (nSPS) is 10.6. The highest BCUT2D eigenvalue weighted by Crippen LogP contribution is 2.05. The summed E-state index contributed by atoms with van der Waals surface area (Å²) < 4.78 is 10.9. The summed E-state index contributed by atoms with van der Waals surface area (Å²) in [4.78, 5) is 0. The number of hydrogen-bond acceptors (Lipinski definition) is 3. The van der Waals surface area contributed by atoms with Gasteiger partial charge in [0.15, 0.2) is 0 Å². The van der Waals surface area contributed by atoms with Gasteiger partial charge in [-0.2, -0.15) is 0 Å². The van der Waals surface area contributed by atoms with E-state index in [1.807, 2.05) is 24.3 Å². The molecule has 0 aliphatic heterocycles. The number of unbranched alkanes of at least 4 members (excludes halogenated alkanes) is 1. The van der Waals surface area contributed by atoms with Crippen molar-refractivity contribution in [3.8, 4) is 0 Å². The van der Waals surface area contributed by atoms with Crippen molar-refractivity contribution in [3.63, 3.8) is 0 Å². The van der Waals surface area contributed by atoms with Crippen LogP contribution in [0.15, 0.2) is 24.3 Å². The fraction of sp³-hybridized carbons (Fsp3) is 0.571. The van der Waals surface area contributed by atoms with Crippen LogP contribution in [0.5, 0.6) is 0 Å². The number of nitrogens with two attached hydrogens (primary N) is 1. The molecule has 0 saturated heterocycles. The average Bonchev–Trinajstić information content (AvgIpc) is 2.35. The smallest absolute Gasteiger partial charge is 0.0700 e. The lowest BCUT2D eigenvalue weighted by atomic mass is 10.1. The number of anilines is 1. The van der Waals surface area contributed by atoms with Crippen LogP contribution < -0.4 is 5.73 Å². The zero-order chi connectivity index (χ0) is 12.3. The molecule has 0 aromatic heterocycles. The molecule has 0 saturated carbocycles. The molecule has 17 heavy (non-hydrogen) atoms. The summed E-state index contributed by atoms with van der Waals surface area (Å²) in [5.41, 5.74) is 7.67. The third-order valence-corrected chi connectivity index (χ3v) is 2.53. The summed E-state index contributed by atoms with van der Waals surface area (Å²) in [6.45, 7) is 5.12. The zero-order valence-electron chi connectivity index (χ0n) is 10.7. The Morgan fingerprint density at radius 2 is 1.59 bits per heavy atom. The van der Waals surface area contributed by atoms with Crippen LogP contribution >= 0.6 is 0 Å². The van der Waals surface area contributed by atoms with E-state index in [-0.39, 0.29) is 0 Å². The van der Waals surface area contributed by atoms with Crippen LogP contribution in [0, 0.1) is 0 Å². The Morgan fingerprint density at radius 1 is 0.941 bits per heavy atom. The predicted molar refractivity (Wildman–Crippen MR) is 71.1 cm³/mol. The topological polar surface area (TPSA) is 44.5 Å². The van der Waals surface area contributed by atoms with Crippen molar-refractivity contribution in [2.45, 2.75) is 26.2 Å². The highest BCUT2D eigenvalue weighted by atomic mass is 16.5. The van der Waals surface area contributed by atoms with Gasteiger partial charge >= 0.3 is 0 Å². The molecule has 1 rings (SSSR count). The second kappa shape index (κ2) is 9.02. The molecule has 1 aromatic carbocycles. The number of rotatable bonds is 9. The molecule has 0 bridgehead atoms. The van der Waals surface area contributed by atoms with Gasteiger partial charge in [-0.3, -0.25) is 0 Å². The van der Waals surface area contributed by atoms with Crippen molar-refractivity contribution < 1.29 is 9.47 Å². The molecule has 0 aliphatic carbocycles. The van der Waals surface area contributed by atoms with Crippen molar-refractivity contribution >= 4 is 5.69 Å². The number of hydrogen-bond donors (Lipinski definition) is 1. The third kappa shape index (κ3) is 6.97. The van der Waals surface area contributed by atoms with Crippen molar-refractivity contribution in [1.29, 1.82) is 0 Å². The van der Waals surface area contributed by atoms with Crippen LogP contribution in [0.2, 0.25) is 0 Å². The van der Waals surface area contributed by atoms with E-state index in [9.17, 15) is 0 Å². The van der Waals surface area contributed by atoms with Crippen molar-refractivity contribution in [2.24, 2.45) is 0 Å². The fourth-order valence-corrected chi connectivity index (χ4v) is 1.44. The summed E-state index contributed by atoms with van der Waals surface area (Å²) in [5, 5.41) is 0. The number of benzene rings is 1. The standard InChI is InChI=1S/C14H23NO2/c1-2-3-9-16-11-12-17-10-8-13-4-6-14(15)7-5-13/h4-7H,2-3,8-12,15H2,1H3. The quantitative estimate of drug-likeness (QED) is 0.530. The highest BCUT2D eigenvalue weighted by Gasteiger charge is 1.94. The number of nitrogen functional groups attached to an aromatic ring is 1. The van der Waals surface area contributed by atoms with Crippen LogP contribution in [-0.2, 0) is 15.9 Å². The molecule has 0 unspecified atom stereocenters. The maximum absolute atomic E-state index is 5.61. The Hall–Kier alpha value is -1.06. The molecule has 0 spiro atoms. The first-order chi connectivity index (χ1) is 8.33. The zero-order valence-corrected chi connectivity index (χ0v) is 10.7. The van der Waals surface area contributed by atoms with Crippen LogP contribution in [0.4, 0.5) is 5.69 Å².